The van der Waals surface area contributed by atoms with Crippen molar-refractivity contribution in [2.75, 3.05) is 0 Å². The van der Waals surface area contributed by atoms with Crippen LogP contribution in [0.2, 0.25) is 0 Å². The number of aryl methyl sites for hydroxylation is 1. The molecular weight excluding hydrogens is 581 g/mol. The number of rotatable bonds is 10. The van der Waals surface area contributed by atoms with E-state index >= 15 is 4.39 Å². The Morgan fingerprint density at radius 1 is 1.00 bits per heavy atom. The lowest BCUT2D eigenvalue weighted by molar-refractivity contribution is -0.123. The lowest BCUT2D eigenvalue weighted by atomic mass is 10.0. The number of benzene rings is 2. The van der Waals surface area contributed by atoms with Crippen LogP contribution in [-0.2, 0) is 34.3 Å². The maximum Gasteiger partial charge on any atom is 0.277 e. The van der Waals surface area contributed by atoms with Gasteiger partial charge < -0.3 is 14.5 Å². The van der Waals surface area contributed by atoms with Crippen LogP contribution in [-0.4, -0.2) is 39.5 Å². The Hall–Kier alpha value is -3.83. The van der Waals surface area contributed by atoms with Gasteiger partial charge in [0.25, 0.3) is 5.56 Å². The zero-order chi connectivity index (χ0) is 32.4. The van der Waals surface area contributed by atoms with Gasteiger partial charge in [0.1, 0.15) is 23.7 Å². The number of halogens is 1. The van der Waals surface area contributed by atoms with Gasteiger partial charge in [0.15, 0.2) is 0 Å². The Bertz CT molecular complexity index is 1850. The van der Waals surface area contributed by atoms with Gasteiger partial charge in [-0.05, 0) is 71.7 Å². The highest BCUT2D eigenvalue weighted by Crippen LogP contribution is 2.30. The van der Waals surface area contributed by atoms with E-state index in [2.05, 4.69) is 17.0 Å². The predicted molar refractivity (Wildman–Crippen MR) is 172 cm³/mol. The van der Waals surface area contributed by atoms with Gasteiger partial charge in [-0.3, -0.25) is 9.59 Å². The molecule has 0 atom stereocenters. The Kier molecular flexibility index (Phi) is 9.51. The van der Waals surface area contributed by atoms with Crippen molar-refractivity contribution in [2.45, 2.75) is 96.8 Å². The number of pyridine rings is 1. The summed E-state index contributed by atoms with van der Waals surface area (Å²) in [6.45, 7) is 12.8. The lowest BCUT2D eigenvalue weighted by Crippen LogP contribution is -2.43. The maximum atomic E-state index is 15.8. The van der Waals surface area contributed by atoms with Crippen LogP contribution in [0.15, 0.2) is 64.4 Å². The third-order valence-corrected chi connectivity index (χ3v) is 8.66. The minimum atomic E-state index is -3.88. The average molecular weight is 624 g/mol. The minimum Gasteiger partial charge on any atom is -0.350 e. The third kappa shape index (κ3) is 7.81. The van der Waals surface area contributed by atoms with Gasteiger partial charge in [-0.15, -0.1) is 0 Å². The van der Waals surface area contributed by atoms with Crippen molar-refractivity contribution in [3.63, 3.8) is 0 Å². The van der Waals surface area contributed by atoms with Crippen LogP contribution in [0, 0.1) is 5.82 Å². The van der Waals surface area contributed by atoms with Crippen LogP contribution < -0.4 is 15.6 Å². The quantitative estimate of drug-likeness (QED) is 0.246. The van der Waals surface area contributed by atoms with Gasteiger partial charge in [0.2, 0.25) is 15.9 Å². The van der Waals surface area contributed by atoms with E-state index in [4.69, 9.17) is 4.98 Å². The van der Waals surface area contributed by atoms with Crippen molar-refractivity contribution in [3.8, 4) is 11.1 Å². The fourth-order valence-electron chi connectivity index (χ4n) is 5.07. The smallest absolute Gasteiger partial charge is 0.277 e. The number of nitrogens with one attached hydrogen (secondary N) is 2. The first-order valence-electron chi connectivity index (χ1n) is 14.8. The van der Waals surface area contributed by atoms with E-state index in [9.17, 15) is 18.0 Å². The molecule has 0 spiro atoms. The SMILES string of the molecule is CCCCc1nc2ccn(CC(=O)NC(C)(C)C)c(=O)c2n1Cc1ccc(-c2ccccc2S(=O)(=O)NC(C)(C)C)cc1F. The standard InChI is InChI=1S/C33H42FN5O4S/c1-8-9-14-28-35-26-17-18-38(21-29(40)36-32(2,3)4)31(41)30(26)39(28)20-23-16-15-22(19-25(23)34)24-12-10-11-13-27(24)44(42,43)37-33(5,6)7/h10-13,15-19,37H,8-9,14,20-21H2,1-7H3,(H,36,40). The number of aromatic nitrogens is 3. The summed E-state index contributed by atoms with van der Waals surface area (Å²) in [5.41, 5.74) is 0.365. The summed E-state index contributed by atoms with van der Waals surface area (Å²) in [5, 5.41) is 2.87. The Morgan fingerprint density at radius 2 is 1.70 bits per heavy atom. The summed E-state index contributed by atoms with van der Waals surface area (Å²) < 4.78 is 47.9. The molecule has 2 aromatic heterocycles. The zero-order valence-corrected chi connectivity index (χ0v) is 27.3. The summed E-state index contributed by atoms with van der Waals surface area (Å²) in [6, 6.07) is 12.8. The van der Waals surface area contributed by atoms with Crippen molar-refractivity contribution in [3.05, 3.63) is 82.3 Å². The molecule has 0 aliphatic rings. The number of carbonyl (C=O) groups is 1. The van der Waals surface area contributed by atoms with Crippen molar-refractivity contribution >= 4 is 27.0 Å². The molecule has 4 aromatic rings. The van der Waals surface area contributed by atoms with E-state index in [-0.39, 0.29) is 29.5 Å². The monoisotopic (exact) mass is 623 g/mol. The number of imidazole rings is 1. The number of hydrogen-bond acceptors (Lipinski definition) is 5. The van der Waals surface area contributed by atoms with E-state index in [0.717, 1.165) is 12.8 Å². The topological polar surface area (TPSA) is 115 Å². The molecule has 0 aliphatic heterocycles. The first-order valence-corrected chi connectivity index (χ1v) is 16.3. The number of hydrogen-bond donors (Lipinski definition) is 2. The first-order chi connectivity index (χ1) is 20.5. The van der Waals surface area contributed by atoms with E-state index in [1.807, 2.05) is 20.8 Å². The molecule has 0 aliphatic carbocycles. The molecule has 1 amide bonds. The molecule has 236 valence electrons. The second-order valence-electron chi connectivity index (χ2n) is 13.2. The lowest BCUT2D eigenvalue weighted by Gasteiger charge is -2.21. The number of unbranched alkanes of at least 4 members (excludes halogenated alkanes) is 1. The highest BCUT2D eigenvalue weighted by atomic mass is 32.2. The van der Waals surface area contributed by atoms with Gasteiger partial charge in [-0.1, -0.05) is 43.7 Å². The largest absolute Gasteiger partial charge is 0.350 e. The Balaban J connectivity index is 1.75. The molecule has 0 unspecified atom stereocenters. The van der Waals surface area contributed by atoms with Gasteiger partial charge in [0, 0.05) is 34.8 Å². The summed E-state index contributed by atoms with van der Waals surface area (Å²) in [6.07, 6.45) is 3.90. The van der Waals surface area contributed by atoms with Gasteiger partial charge in [-0.2, -0.15) is 0 Å². The normalized spacial score (nSPS) is 12.5. The molecular formula is C33H42FN5O4S. The van der Waals surface area contributed by atoms with Gasteiger partial charge >= 0.3 is 0 Å². The zero-order valence-electron chi connectivity index (χ0n) is 26.5. The minimum absolute atomic E-state index is 0.0423. The fraction of sp³-hybridized carbons (Fsp3) is 0.424. The molecule has 4 rings (SSSR count). The third-order valence-electron chi connectivity index (χ3n) is 6.84. The molecule has 0 saturated heterocycles. The molecule has 2 N–H and O–H groups in total. The molecule has 9 nitrogen and oxygen atoms in total. The van der Waals surface area contributed by atoms with E-state index < -0.39 is 26.9 Å². The number of nitrogens with zero attached hydrogens (tertiary/aromatic N) is 3. The predicted octanol–water partition coefficient (Wildman–Crippen LogP) is 5.39. The maximum absolute atomic E-state index is 15.8. The van der Waals surface area contributed by atoms with Crippen LogP contribution in [0.1, 0.15) is 72.7 Å². The van der Waals surface area contributed by atoms with Crippen LogP contribution in [0.3, 0.4) is 0 Å². The van der Waals surface area contributed by atoms with Crippen LogP contribution in [0.4, 0.5) is 4.39 Å². The average Bonchev–Trinajstić information content (AvgIpc) is 3.25. The second-order valence-corrected chi connectivity index (χ2v) is 14.8. The molecule has 0 radical (unpaired) electrons. The highest BCUT2D eigenvalue weighted by molar-refractivity contribution is 7.89. The summed E-state index contributed by atoms with van der Waals surface area (Å²) in [7, 11) is -3.88. The Labute approximate surface area is 258 Å². The van der Waals surface area contributed by atoms with Crippen LogP contribution in [0.25, 0.3) is 22.2 Å². The molecule has 11 heteroatoms. The fourth-order valence-corrected chi connectivity index (χ4v) is 6.72. The van der Waals surface area contributed by atoms with E-state index in [0.29, 0.717) is 40.0 Å². The van der Waals surface area contributed by atoms with Crippen molar-refractivity contribution in [1.29, 1.82) is 0 Å². The van der Waals surface area contributed by atoms with Gasteiger partial charge in [-0.25, -0.2) is 22.5 Å². The number of amides is 1. The van der Waals surface area contributed by atoms with Crippen LogP contribution in [0.5, 0.6) is 0 Å². The Morgan fingerprint density at radius 3 is 2.34 bits per heavy atom. The van der Waals surface area contributed by atoms with E-state index in [1.165, 1.54) is 16.7 Å². The van der Waals surface area contributed by atoms with Gasteiger partial charge in [0.05, 0.1) is 17.0 Å². The number of sulfonamides is 1. The molecule has 0 bridgehead atoms. The molecule has 44 heavy (non-hydrogen) atoms. The molecule has 2 aromatic carbocycles. The summed E-state index contributed by atoms with van der Waals surface area (Å²) in [4.78, 5) is 31.0. The van der Waals surface area contributed by atoms with Crippen molar-refractivity contribution < 1.29 is 17.6 Å². The molecule has 0 fully saturated rings. The van der Waals surface area contributed by atoms with E-state index in [1.54, 1.807) is 67.9 Å². The molecule has 0 saturated carbocycles. The summed E-state index contributed by atoms with van der Waals surface area (Å²) >= 11 is 0. The first kappa shape index (κ1) is 33.1. The molecule has 2 heterocycles. The summed E-state index contributed by atoms with van der Waals surface area (Å²) in [5.74, 6) is -0.176. The highest BCUT2D eigenvalue weighted by Gasteiger charge is 2.25. The number of fused-ring (bicyclic) bond motifs is 1. The second kappa shape index (κ2) is 12.6. The number of carbonyl (C=O) groups excluding carboxylic acids is 1. The van der Waals surface area contributed by atoms with Crippen LogP contribution >= 0.6 is 0 Å². The van der Waals surface area contributed by atoms with Crippen molar-refractivity contribution in [1.82, 2.24) is 24.2 Å². The van der Waals surface area contributed by atoms with Crippen molar-refractivity contribution in [2.24, 2.45) is 0 Å².